The second-order valence-electron chi connectivity index (χ2n) is 5.23. The predicted molar refractivity (Wildman–Crippen MR) is 103 cm³/mol. The molecule has 3 rings (SSSR count). The Balaban J connectivity index is 1.78. The van der Waals surface area contributed by atoms with Crippen LogP contribution in [0.1, 0.15) is 5.56 Å². The largest absolute Gasteiger partial charge is 0.253 e. The van der Waals surface area contributed by atoms with E-state index < -0.39 is 9.84 Å². The molecule has 0 amide bonds. The van der Waals surface area contributed by atoms with Gasteiger partial charge in [-0.25, -0.2) is 13.4 Å². The van der Waals surface area contributed by atoms with Crippen LogP contribution >= 0.6 is 22.9 Å². The summed E-state index contributed by atoms with van der Waals surface area (Å²) in [5.41, 5.74) is 5.16. The van der Waals surface area contributed by atoms with Gasteiger partial charge in [-0.3, -0.25) is 5.43 Å². The molecule has 0 spiro atoms. The molecule has 25 heavy (non-hydrogen) atoms. The van der Waals surface area contributed by atoms with Gasteiger partial charge in [0.25, 0.3) is 0 Å². The molecule has 0 saturated carbocycles. The molecule has 5 nitrogen and oxygen atoms in total. The summed E-state index contributed by atoms with van der Waals surface area (Å²) in [6, 6.07) is 14.5. The zero-order valence-corrected chi connectivity index (χ0v) is 15.6. The molecule has 1 N–H and O–H groups in total. The summed E-state index contributed by atoms with van der Waals surface area (Å²) >= 11 is 7.30. The molecule has 0 unspecified atom stereocenters. The smallest absolute Gasteiger partial charge is 0.203 e. The summed E-state index contributed by atoms with van der Waals surface area (Å²) in [6.45, 7) is 0. The summed E-state index contributed by atoms with van der Waals surface area (Å²) in [5.74, 6) is 0. The van der Waals surface area contributed by atoms with Crippen LogP contribution in [0.3, 0.4) is 0 Å². The topological polar surface area (TPSA) is 71.4 Å². The molecule has 128 valence electrons. The minimum atomic E-state index is -3.40. The number of aromatic nitrogens is 1. The first-order valence-corrected chi connectivity index (χ1v) is 10.4. The van der Waals surface area contributed by atoms with E-state index in [0.29, 0.717) is 15.7 Å². The summed E-state index contributed by atoms with van der Waals surface area (Å²) in [5, 5.41) is 6.99. The van der Waals surface area contributed by atoms with Gasteiger partial charge in [-0.2, -0.15) is 5.10 Å². The number of benzene rings is 2. The fourth-order valence-corrected chi connectivity index (χ4v) is 3.95. The van der Waals surface area contributed by atoms with Crippen molar-refractivity contribution in [1.82, 2.24) is 4.98 Å². The van der Waals surface area contributed by atoms with Gasteiger partial charge in [0.2, 0.25) is 5.13 Å². The third-order valence-corrected chi connectivity index (χ3v) is 5.45. The Morgan fingerprint density at radius 3 is 2.68 bits per heavy atom. The van der Waals surface area contributed by atoms with E-state index in [4.69, 9.17) is 11.6 Å². The molecule has 1 heterocycles. The Morgan fingerprint density at radius 1 is 1.20 bits per heavy atom. The monoisotopic (exact) mass is 391 g/mol. The number of nitrogens with zero attached hydrogens (tertiary/aromatic N) is 2. The quantitative estimate of drug-likeness (QED) is 0.519. The van der Waals surface area contributed by atoms with Gasteiger partial charge in [-0.15, -0.1) is 11.3 Å². The molecule has 0 aliphatic heterocycles. The highest BCUT2D eigenvalue weighted by Crippen LogP contribution is 2.24. The van der Waals surface area contributed by atoms with E-state index in [1.54, 1.807) is 12.1 Å². The first kappa shape index (κ1) is 17.6. The third kappa shape index (κ3) is 4.45. The molecule has 0 atom stereocenters. The minimum Gasteiger partial charge on any atom is -0.253 e. The fraction of sp³-hybridized carbons (Fsp3) is 0.0588. The molecule has 0 radical (unpaired) electrons. The molecule has 8 heteroatoms. The molecule has 2 aromatic carbocycles. The van der Waals surface area contributed by atoms with E-state index in [1.807, 2.05) is 35.7 Å². The lowest BCUT2D eigenvalue weighted by atomic mass is 10.2. The van der Waals surface area contributed by atoms with Crippen LogP contribution in [0.15, 0.2) is 63.9 Å². The average molecular weight is 392 g/mol. The van der Waals surface area contributed by atoms with Gasteiger partial charge in [0, 0.05) is 27.8 Å². The van der Waals surface area contributed by atoms with E-state index in [9.17, 15) is 8.42 Å². The van der Waals surface area contributed by atoms with E-state index in [-0.39, 0.29) is 4.90 Å². The van der Waals surface area contributed by atoms with E-state index in [2.05, 4.69) is 15.5 Å². The van der Waals surface area contributed by atoms with Crippen LogP contribution in [0, 0.1) is 0 Å². The van der Waals surface area contributed by atoms with Crippen LogP contribution in [0.2, 0.25) is 5.02 Å². The number of halogens is 1. The van der Waals surface area contributed by atoms with Gasteiger partial charge in [-0.05, 0) is 12.1 Å². The Labute approximate surface area is 154 Å². The van der Waals surface area contributed by atoms with Gasteiger partial charge >= 0.3 is 0 Å². The molecular formula is C17H14ClN3O2S2. The van der Waals surface area contributed by atoms with Crippen molar-refractivity contribution in [3.05, 3.63) is 64.5 Å². The normalized spacial score (nSPS) is 11.8. The van der Waals surface area contributed by atoms with Crippen LogP contribution < -0.4 is 5.43 Å². The molecule has 0 aliphatic carbocycles. The highest BCUT2D eigenvalue weighted by molar-refractivity contribution is 7.90. The zero-order valence-electron chi connectivity index (χ0n) is 13.2. The first-order valence-electron chi connectivity index (χ1n) is 7.23. The van der Waals surface area contributed by atoms with Gasteiger partial charge in [0.1, 0.15) is 0 Å². The molecule has 3 aromatic rings. The van der Waals surface area contributed by atoms with Crippen molar-refractivity contribution in [2.24, 2.45) is 5.10 Å². The third-order valence-electron chi connectivity index (χ3n) is 3.31. The average Bonchev–Trinajstić information content (AvgIpc) is 3.05. The van der Waals surface area contributed by atoms with Crippen molar-refractivity contribution >= 4 is 44.1 Å². The van der Waals surface area contributed by atoms with Crippen LogP contribution in [-0.4, -0.2) is 25.9 Å². The molecule has 0 fully saturated rings. The summed E-state index contributed by atoms with van der Waals surface area (Å²) < 4.78 is 23.7. The van der Waals surface area contributed by atoms with Crippen LogP contribution in [-0.2, 0) is 9.84 Å². The minimum absolute atomic E-state index is 0.134. The van der Waals surface area contributed by atoms with Crippen molar-refractivity contribution in [1.29, 1.82) is 0 Å². The lowest BCUT2D eigenvalue weighted by Gasteiger charge is -2.04. The number of thiazole rings is 1. The Morgan fingerprint density at radius 2 is 1.96 bits per heavy atom. The van der Waals surface area contributed by atoms with E-state index in [0.717, 1.165) is 17.5 Å². The molecule has 0 saturated heterocycles. The van der Waals surface area contributed by atoms with E-state index >= 15 is 0 Å². The maximum atomic E-state index is 11.8. The lowest BCUT2D eigenvalue weighted by molar-refractivity contribution is 0.602. The highest BCUT2D eigenvalue weighted by Gasteiger charge is 2.12. The number of sulfone groups is 1. The maximum absolute atomic E-state index is 11.8. The number of hydrazone groups is 1. The van der Waals surface area contributed by atoms with Gasteiger partial charge in [0.05, 0.1) is 16.8 Å². The summed E-state index contributed by atoms with van der Waals surface area (Å²) in [7, 11) is -3.40. The SMILES string of the molecule is CS(=O)(=O)c1cc(Cl)ccc1C=NNc1nc(-c2ccccc2)cs1. The Hall–Kier alpha value is -2.22. The van der Waals surface area contributed by atoms with Crippen LogP contribution in [0.4, 0.5) is 5.13 Å². The first-order chi connectivity index (χ1) is 11.9. The van der Waals surface area contributed by atoms with Crippen molar-refractivity contribution in [3.8, 4) is 11.3 Å². The Bertz CT molecular complexity index is 1020. The van der Waals surface area contributed by atoms with Crippen molar-refractivity contribution in [3.63, 3.8) is 0 Å². The number of hydrogen-bond acceptors (Lipinski definition) is 6. The van der Waals surface area contributed by atoms with Gasteiger partial charge in [-0.1, -0.05) is 48.0 Å². The molecule has 0 bridgehead atoms. The Kier molecular flexibility index (Phi) is 5.17. The number of nitrogens with one attached hydrogen (secondary N) is 1. The van der Waals surface area contributed by atoms with Gasteiger partial charge in [0.15, 0.2) is 9.84 Å². The molecular weight excluding hydrogens is 378 g/mol. The van der Waals surface area contributed by atoms with Crippen molar-refractivity contribution in [2.75, 3.05) is 11.7 Å². The number of hydrogen-bond donors (Lipinski definition) is 1. The molecule has 0 aliphatic rings. The summed E-state index contributed by atoms with van der Waals surface area (Å²) in [6.07, 6.45) is 2.58. The molecule has 1 aromatic heterocycles. The second kappa shape index (κ2) is 7.35. The maximum Gasteiger partial charge on any atom is 0.203 e. The number of rotatable bonds is 5. The van der Waals surface area contributed by atoms with Crippen LogP contribution in [0.25, 0.3) is 11.3 Å². The highest BCUT2D eigenvalue weighted by atomic mass is 35.5. The summed E-state index contributed by atoms with van der Waals surface area (Å²) in [4.78, 5) is 4.59. The predicted octanol–water partition coefficient (Wildman–Crippen LogP) is 4.31. The van der Waals surface area contributed by atoms with Crippen LogP contribution in [0.5, 0.6) is 0 Å². The number of anilines is 1. The van der Waals surface area contributed by atoms with Crippen molar-refractivity contribution in [2.45, 2.75) is 4.90 Å². The van der Waals surface area contributed by atoms with Crippen molar-refractivity contribution < 1.29 is 8.42 Å². The zero-order chi connectivity index (χ0) is 17.9. The van der Waals surface area contributed by atoms with E-state index in [1.165, 1.54) is 23.6 Å². The second-order valence-corrected chi connectivity index (χ2v) is 8.51. The standard InChI is InChI=1S/C17H14ClN3O2S2/c1-25(22,23)16-9-14(18)8-7-13(16)10-19-21-17-20-15(11-24-17)12-5-3-2-4-6-12/h2-11H,1H3,(H,20,21). The lowest BCUT2D eigenvalue weighted by Crippen LogP contribution is -2.02. The fourth-order valence-electron chi connectivity index (χ4n) is 2.16. The van der Waals surface area contributed by atoms with Gasteiger partial charge < -0.3 is 0 Å².